The molecular weight excluding hydrogens is 366 g/mol. The summed E-state index contributed by atoms with van der Waals surface area (Å²) in [5.74, 6) is -0.359. The molecule has 0 unspecified atom stereocenters. The minimum absolute atomic E-state index is 0.0762. The van der Waals surface area contributed by atoms with Crippen molar-refractivity contribution in [2.75, 3.05) is 19.6 Å². The van der Waals surface area contributed by atoms with E-state index in [4.69, 9.17) is 9.96 Å². The van der Waals surface area contributed by atoms with Gasteiger partial charge in [0.15, 0.2) is 0 Å². The van der Waals surface area contributed by atoms with E-state index in [2.05, 4.69) is 9.01 Å². The molecular formula is C10H17N5O7S2. The van der Waals surface area contributed by atoms with Crippen molar-refractivity contribution < 1.29 is 30.5 Å². The Morgan fingerprint density at radius 2 is 1.92 bits per heavy atom. The number of amidine groups is 1. The fourth-order valence-corrected chi connectivity index (χ4v) is 4.60. The predicted molar refractivity (Wildman–Crippen MR) is 79.4 cm³/mol. The van der Waals surface area contributed by atoms with Crippen molar-refractivity contribution in [1.29, 1.82) is 5.41 Å². The van der Waals surface area contributed by atoms with Crippen LogP contribution in [-0.2, 0) is 24.9 Å². The van der Waals surface area contributed by atoms with Gasteiger partial charge < -0.3 is 4.90 Å². The molecule has 136 valence electrons. The highest BCUT2D eigenvalue weighted by atomic mass is 32.3. The fraction of sp³-hybridized carbons (Fsp3) is 0.800. The summed E-state index contributed by atoms with van der Waals surface area (Å²) < 4.78 is 62.0. The Morgan fingerprint density at radius 3 is 2.46 bits per heavy atom. The van der Waals surface area contributed by atoms with Crippen molar-refractivity contribution in [2.24, 2.45) is 0 Å². The monoisotopic (exact) mass is 383 g/mol. The molecule has 0 aromatic carbocycles. The third-order valence-corrected chi connectivity index (χ3v) is 6.10. The molecule has 0 spiro atoms. The van der Waals surface area contributed by atoms with Gasteiger partial charge in [-0.05, 0) is 19.3 Å². The summed E-state index contributed by atoms with van der Waals surface area (Å²) >= 11 is 0. The van der Waals surface area contributed by atoms with Crippen molar-refractivity contribution in [3.8, 4) is 0 Å². The second-order valence-electron chi connectivity index (χ2n) is 5.78. The van der Waals surface area contributed by atoms with Crippen LogP contribution in [0.4, 0.5) is 4.79 Å². The number of hydrogen-bond acceptors (Lipinski definition) is 7. The molecule has 3 saturated heterocycles. The average Bonchev–Trinajstić information content (AvgIpc) is 2.59. The zero-order valence-corrected chi connectivity index (χ0v) is 14.1. The van der Waals surface area contributed by atoms with Crippen LogP contribution in [0, 0.1) is 5.41 Å². The van der Waals surface area contributed by atoms with Gasteiger partial charge in [-0.25, -0.2) is 4.79 Å². The van der Waals surface area contributed by atoms with E-state index in [0.717, 1.165) is 11.3 Å². The summed E-state index contributed by atoms with van der Waals surface area (Å²) in [7, 11) is -8.66. The van der Waals surface area contributed by atoms with Crippen LogP contribution >= 0.6 is 0 Å². The standard InChI is InChI=1S/C10H17N5O7S2/c11-9(12-23(17,18)13-4-1-5-13)8-3-2-7-6-14(8)10(16)15(7)22-24(19,20)21/h7-8H,1-6H2,(H2,11,12)(H,19,20,21)/t7-,8+/m1/s1. The van der Waals surface area contributed by atoms with Crippen LogP contribution in [0.3, 0.4) is 0 Å². The lowest BCUT2D eigenvalue weighted by Crippen LogP contribution is -2.55. The maximum atomic E-state index is 12.2. The quantitative estimate of drug-likeness (QED) is 0.296. The first-order chi connectivity index (χ1) is 11.1. The molecule has 2 atom stereocenters. The Kier molecular flexibility index (Phi) is 4.19. The molecule has 2 amide bonds. The first kappa shape index (κ1) is 17.3. The van der Waals surface area contributed by atoms with Gasteiger partial charge in [-0.15, -0.1) is 4.28 Å². The highest BCUT2D eigenvalue weighted by molar-refractivity contribution is 7.87. The van der Waals surface area contributed by atoms with Crippen LogP contribution in [0.1, 0.15) is 19.3 Å². The number of nitrogens with zero attached hydrogens (tertiary/aromatic N) is 3. The van der Waals surface area contributed by atoms with Gasteiger partial charge in [0.05, 0.1) is 12.1 Å². The maximum Gasteiger partial charge on any atom is 0.418 e. The predicted octanol–water partition coefficient (Wildman–Crippen LogP) is -1.49. The number of amides is 2. The Hall–Kier alpha value is -1.48. The lowest BCUT2D eigenvalue weighted by molar-refractivity contribution is -0.0316. The second kappa shape index (κ2) is 5.80. The van der Waals surface area contributed by atoms with Crippen LogP contribution in [0.5, 0.6) is 0 Å². The number of fused-ring (bicyclic) bond motifs is 2. The van der Waals surface area contributed by atoms with Crippen molar-refractivity contribution in [1.82, 2.24) is 19.0 Å². The Bertz CT molecular complexity index is 762. The smallest absolute Gasteiger partial charge is 0.310 e. The number of piperidine rings is 1. The summed E-state index contributed by atoms with van der Waals surface area (Å²) in [6.07, 6.45) is 1.32. The first-order valence-corrected chi connectivity index (χ1v) is 10.0. The van der Waals surface area contributed by atoms with Crippen LogP contribution in [0.25, 0.3) is 0 Å². The first-order valence-electron chi connectivity index (χ1n) is 7.22. The third-order valence-electron chi connectivity index (χ3n) is 4.22. The normalized spacial score (nSPS) is 28.0. The topological polar surface area (TPSA) is 160 Å². The molecule has 3 heterocycles. The second-order valence-corrected chi connectivity index (χ2v) is 8.46. The van der Waals surface area contributed by atoms with E-state index < -0.39 is 38.7 Å². The Morgan fingerprint density at radius 1 is 1.25 bits per heavy atom. The molecule has 12 nitrogen and oxygen atoms in total. The molecule has 3 fully saturated rings. The van der Waals surface area contributed by atoms with E-state index in [0.29, 0.717) is 24.6 Å². The maximum absolute atomic E-state index is 12.2. The number of carbonyl (C=O) groups is 1. The third kappa shape index (κ3) is 3.19. The van der Waals surface area contributed by atoms with E-state index in [1.165, 1.54) is 4.31 Å². The zero-order valence-electron chi connectivity index (χ0n) is 12.5. The number of nitrogens with one attached hydrogen (secondary N) is 2. The van der Waals surface area contributed by atoms with E-state index in [1.54, 1.807) is 0 Å². The Labute approximate surface area is 138 Å². The lowest BCUT2D eigenvalue weighted by Gasteiger charge is -2.34. The molecule has 3 aliphatic heterocycles. The molecule has 0 aromatic heterocycles. The van der Waals surface area contributed by atoms with Gasteiger partial charge in [-0.2, -0.15) is 26.2 Å². The van der Waals surface area contributed by atoms with E-state index in [9.17, 15) is 21.6 Å². The molecule has 0 radical (unpaired) electrons. The molecule has 0 aromatic rings. The van der Waals surface area contributed by atoms with Crippen LogP contribution in [0.2, 0.25) is 0 Å². The Balaban J connectivity index is 1.70. The minimum Gasteiger partial charge on any atom is -0.310 e. The zero-order chi connectivity index (χ0) is 17.7. The van der Waals surface area contributed by atoms with Crippen LogP contribution < -0.4 is 4.72 Å². The highest BCUT2D eigenvalue weighted by Crippen LogP contribution is 2.31. The van der Waals surface area contributed by atoms with Crippen molar-refractivity contribution >= 4 is 32.5 Å². The minimum atomic E-state index is -4.85. The van der Waals surface area contributed by atoms with Gasteiger partial charge >= 0.3 is 26.6 Å². The molecule has 24 heavy (non-hydrogen) atoms. The van der Waals surface area contributed by atoms with Gasteiger partial charge in [0.2, 0.25) is 0 Å². The van der Waals surface area contributed by atoms with E-state index >= 15 is 0 Å². The molecule has 0 saturated carbocycles. The van der Waals surface area contributed by atoms with Gasteiger partial charge in [0.25, 0.3) is 0 Å². The van der Waals surface area contributed by atoms with Gasteiger partial charge in [-0.1, -0.05) is 0 Å². The largest absolute Gasteiger partial charge is 0.418 e. The molecule has 0 aliphatic carbocycles. The van der Waals surface area contributed by atoms with E-state index in [-0.39, 0.29) is 18.8 Å². The SMILES string of the molecule is N=C(NS(=O)(=O)N1CCC1)[C@@H]1CC[C@@H]2CN1C(=O)N2OS(=O)(=O)O. The lowest BCUT2D eigenvalue weighted by atomic mass is 10.0. The summed E-state index contributed by atoms with van der Waals surface area (Å²) in [6, 6.07) is -2.26. The highest BCUT2D eigenvalue weighted by Gasteiger charge is 2.49. The van der Waals surface area contributed by atoms with Crippen LogP contribution in [-0.4, -0.2) is 79.2 Å². The summed E-state index contributed by atoms with van der Waals surface area (Å²) in [4.78, 5) is 13.4. The summed E-state index contributed by atoms with van der Waals surface area (Å²) in [5.41, 5.74) is 0. The summed E-state index contributed by atoms with van der Waals surface area (Å²) in [5, 5.41) is 8.53. The molecule has 2 bridgehead atoms. The van der Waals surface area contributed by atoms with Gasteiger partial charge in [-0.3, -0.25) is 14.7 Å². The summed E-state index contributed by atoms with van der Waals surface area (Å²) in [6.45, 7) is 0.842. The molecule has 14 heteroatoms. The van der Waals surface area contributed by atoms with Crippen LogP contribution in [0.15, 0.2) is 0 Å². The molecule has 3 rings (SSSR count). The fourth-order valence-electron chi connectivity index (χ4n) is 2.93. The van der Waals surface area contributed by atoms with Crippen molar-refractivity contribution in [3.05, 3.63) is 0 Å². The molecule has 3 aliphatic rings. The number of urea groups is 1. The average molecular weight is 383 g/mol. The van der Waals surface area contributed by atoms with Crippen molar-refractivity contribution in [3.63, 3.8) is 0 Å². The number of carbonyl (C=O) groups excluding carboxylic acids is 1. The number of hydroxylamine groups is 2. The molecule has 3 N–H and O–H groups in total. The van der Waals surface area contributed by atoms with E-state index in [1.807, 2.05) is 0 Å². The van der Waals surface area contributed by atoms with Gasteiger partial charge in [0, 0.05) is 19.6 Å². The number of hydrogen-bond donors (Lipinski definition) is 3. The van der Waals surface area contributed by atoms with Gasteiger partial charge in [0.1, 0.15) is 5.84 Å². The van der Waals surface area contributed by atoms with Crippen molar-refractivity contribution in [2.45, 2.75) is 31.3 Å². The number of rotatable bonds is 5.